The molecule has 18 heavy (non-hydrogen) atoms. The van der Waals surface area contributed by atoms with Crippen LogP contribution in [-0.4, -0.2) is 5.01 Å². The minimum Gasteiger partial charge on any atom is -0.256 e. The summed E-state index contributed by atoms with van der Waals surface area (Å²) in [6.07, 6.45) is 19.0. The number of hydrogen-bond acceptors (Lipinski definition) is 2. The van der Waals surface area contributed by atoms with Gasteiger partial charge in [-0.3, -0.25) is 5.01 Å². The van der Waals surface area contributed by atoms with Crippen molar-refractivity contribution in [2.45, 2.75) is 0 Å². The summed E-state index contributed by atoms with van der Waals surface area (Å²) in [6.45, 7) is 0. The van der Waals surface area contributed by atoms with Crippen molar-refractivity contribution < 1.29 is 0 Å². The fourth-order valence-corrected chi connectivity index (χ4v) is 2.20. The zero-order chi connectivity index (χ0) is 12.5. The van der Waals surface area contributed by atoms with Gasteiger partial charge in [0.25, 0.3) is 0 Å². The molecule has 0 bridgehead atoms. The standard InChI is InChI=1S/C16H10N2/c1-3-13-14-9-5-6-10-16(14)18-12-8-7-11-17(18)15(13)4-2/h1-2,5-12H. The van der Waals surface area contributed by atoms with Crippen LogP contribution in [0.1, 0.15) is 5.56 Å². The molecule has 3 rings (SSSR count). The zero-order valence-corrected chi connectivity index (χ0v) is 9.67. The monoisotopic (exact) mass is 230 g/mol. The number of fused-ring (bicyclic) bond motifs is 3. The third-order valence-corrected chi connectivity index (χ3v) is 2.96. The molecule has 0 radical (unpaired) electrons. The lowest BCUT2D eigenvalue weighted by Gasteiger charge is -2.39. The first kappa shape index (κ1) is 10.3. The van der Waals surface area contributed by atoms with E-state index in [0.29, 0.717) is 5.70 Å². The molecule has 0 atom stereocenters. The number of rotatable bonds is 0. The molecule has 0 N–H and O–H groups in total. The summed E-state index contributed by atoms with van der Waals surface area (Å²) in [5.74, 6) is 5.39. The molecule has 0 saturated carbocycles. The molecule has 0 aliphatic carbocycles. The molecule has 0 fully saturated rings. The van der Waals surface area contributed by atoms with Gasteiger partial charge in [0.15, 0.2) is 0 Å². The Morgan fingerprint density at radius 1 is 0.889 bits per heavy atom. The number of anilines is 1. The van der Waals surface area contributed by atoms with Gasteiger partial charge in [-0.15, -0.1) is 12.8 Å². The first-order chi connectivity index (χ1) is 8.86. The minimum absolute atomic E-state index is 0.691. The molecule has 0 spiro atoms. The van der Waals surface area contributed by atoms with E-state index < -0.39 is 0 Å². The number of terminal acetylenes is 2. The highest BCUT2D eigenvalue weighted by Gasteiger charge is 2.27. The predicted molar refractivity (Wildman–Crippen MR) is 73.6 cm³/mol. The van der Waals surface area contributed by atoms with E-state index in [4.69, 9.17) is 12.8 Å². The lowest BCUT2D eigenvalue weighted by molar-refractivity contribution is 0.480. The van der Waals surface area contributed by atoms with Gasteiger partial charge in [-0.25, -0.2) is 5.01 Å². The normalized spacial score (nSPS) is 15.9. The van der Waals surface area contributed by atoms with Gasteiger partial charge in [-0.1, -0.05) is 24.1 Å². The van der Waals surface area contributed by atoms with Crippen LogP contribution in [0.25, 0.3) is 5.57 Å². The largest absolute Gasteiger partial charge is 0.256 e. The quantitative estimate of drug-likeness (QED) is 0.632. The highest BCUT2D eigenvalue weighted by Crippen LogP contribution is 2.37. The minimum atomic E-state index is 0.691. The Morgan fingerprint density at radius 3 is 2.33 bits per heavy atom. The Morgan fingerprint density at radius 2 is 1.61 bits per heavy atom. The van der Waals surface area contributed by atoms with Crippen molar-refractivity contribution in [2.24, 2.45) is 0 Å². The maximum absolute atomic E-state index is 5.62. The van der Waals surface area contributed by atoms with Gasteiger partial charge in [-0.2, -0.15) is 0 Å². The molecule has 2 nitrogen and oxygen atoms in total. The Kier molecular flexibility index (Phi) is 2.22. The number of hydrogen-bond donors (Lipinski definition) is 0. The first-order valence-corrected chi connectivity index (χ1v) is 5.57. The number of allylic oxidation sites excluding steroid dienone is 4. The van der Waals surface area contributed by atoms with Crippen LogP contribution < -0.4 is 5.01 Å². The number of hydrazine groups is 1. The summed E-state index contributed by atoms with van der Waals surface area (Å²) in [5, 5.41) is 3.88. The van der Waals surface area contributed by atoms with Crippen LogP contribution in [0, 0.1) is 24.7 Å². The van der Waals surface area contributed by atoms with Crippen LogP contribution in [0.4, 0.5) is 5.69 Å². The van der Waals surface area contributed by atoms with Gasteiger partial charge in [-0.05, 0) is 24.1 Å². The van der Waals surface area contributed by atoms with Gasteiger partial charge >= 0.3 is 0 Å². The molecule has 84 valence electrons. The molecule has 0 unspecified atom stereocenters. The molecule has 1 aromatic rings. The molecule has 1 aromatic carbocycles. The summed E-state index contributed by atoms with van der Waals surface area (Å²) in [4.78, 5) is 0. The molecule has 0 saturated heterocycles. The Hall–Kier alpha value is -2.84. The molecular weight excluding hydrogens is 220 g/mol. The van der Waals surface area contributed by atoms with Gasteiger partial charge in [0.05, 0.1) is 11.3 Å². The van der Waals surface area contributed by atoms with Crippen LogP contribution in [0.5, 0.6) is 0 Å². The van der Waals surface area contributed by atoms with Crippen LogP contribution >= 0.6 is 0 Å². The Balaban J connectivity index is 2.33. The Labute approximate surface area is 106 Å². The van der Waals surface area contributed by atoms with E-state index in [1.807, 2.05) is 58.8 Å². The van der Waals surface area contributed by atoms with Crippen LogP contribution in [0.15, 0.2) is 54.5 Å². The number of benzene rings is 1. The van der Waals surface area contributed by atoms with Gasteiger partial charge in [0, 0.05) is 18.0 Å². The average Bonchev–Trinajstić information content (AvgIpc) is 2.45. The first-order valence-electron chi connectivity index (χ1n) is 5.57. The molecule has 0 amide bonds. The van der Waals surface area contributed by atoms with Crippen molar-refractivity contribution in [3.05, 3.63) is 60.1 Å². The van der Waals surface area contributed by atoms with E-state index in [-0.39, 0.29) is 0 Å². The highest BCUT2D eigenvalue weighted by atomic mass is 15.6. The smallest absolute Gasteiger partial charge is 0.129 e. The van der Waals surface area contributed by atoms with E-state index in [2.05, 4.69) is 11.8 Å². The summed E-state index contributed by atoms with van der Waals surface area (Å²) in [5.41, 5.74) is 3.47. The van der Waals surface area contributed by atoms with Crippen molar-refractivity contribution >= 4 is 11.3 Å². The molecule has 2 heterocycles. The molecule has 2 aliphatic heterocycles. The number of para-hydroxylation sites is 1. The SMILES string of the molecule is C#CC1=C(C#C)N2C=CC=CN2c2ccccc21. The summed E-state index contributed by atoms with van der Waals surface area (Å²) >= 11 is 0. The fraction of sp³-hybridized carbons (Fsp3) is 0. The molecule has 2 aliphatic rings. The molecule has 2 heteroatoms. The summed E-state index contributed by atoms with van der Waals surface area (Å²) in [6, 6.07) is 7.96. The Bertz CT molecular complexity index is 678. The summed E-state index contributed by atoms with van der Waals surface area (Å²) in [7, 11) is 0. The van der Waals surface area contributed by atoms with E-state index in [9.17, 15) is 0 Å². The topological polar surface area (TPSA) is 6.48 Å². The third kappa shape index (κ3) is 1.27. The second-order valence-corrected chi connectivity index (χ2v) is 3.90. The van der Waals surface area contributed by atoms with E-state index in [1.165, 1.54) is 0 Å². The predicted octanol–water partition coefficient (Wildman–Crippen LogP) is 2.74. The fourth-order valence-electron chi connectivity index (χ4n) is 2.20. The maximum atomic E-state index is 5.62. The van der Waals surface area contributed by atoms with Gasteiger partial charge < -0.3 is 0 Å². The third-order valence-electron chi connectivity index (χ3n) is 2.96. The van der Waals surface area contributed by atoms with Crippen molar-refractivity contribution in [2.75, 3.05) is 5.01 Å². The van der Waals surface area contributed by atoms with Gasteiger partial charge in [0.1, 0.15) is 5.70 Å². The lowest BCUT2D eigenvalue weighted by Crippen LogP contribution is -2.38. The average molecular weight is 230 g/mol. The maximum Gasteiger partial charge on any atom is 0.129 e. The van der Waals surface area contributed by atoms with Crippen molar-refractivity contribution in [1.82, 2.24) is 5.01 Å². The second kappa shape index (κ2) is 3.87. The zero-order valence-electron chi connectivity index (χ0n) is 9.67. The van der Waals surface area contributed by atoms with Crippen molar-refractivity contribution in [1.29, 1.82) is 0 Å². The second-order valence-electron chi connectivity index (χ2n) is 3.90. The molecular formula is C16H10N2. The van der Waals surface area contributed by atoms with Crippen LogP contribution in [0.2, 0.25) is 0 Å². The van der Waals surface area contributed by atoms with Crippen molar-refractivity contribution in [3.8, 4) is 24.7 Å². The van der Waals surface area contributed by atoms with Crippen LogP contribution in [0.3, 0.4) is 0 Å². The highest BCUT2D eigenvalue weighted by molar-refractivity contribution is 5.91. The molecule has 0 aromatic heterocycles. The van der Waals surface area contributed by atoms with Crippen LogP contribution in [-0.2, 0) is 0 Å². The lowest BCUT2D eigenvalue weighted by atomic mass is 9.99. The van der Waals surface area contributed by atoms with Crippen molar-refractivity contribution in [3.63, 3.8) is 0 Å². The van der Waals surface area contributed by atoms with E-state index in [0.717, 1.165) is 16.8 Å². The van der Waals surface area contributed by atoms with E-state index >= 15 is 0 Å². The summed E-state index contributed by atoms with van der Waals surface area (Å²) < 4.78 is 0. The number of nitrogens with zero attached hydrogens (tertiary/aromatic N) is 2. The van der Waals surface area contributed by atoms with E-state index in [1.54, 1.807) is 0 Å². The van der Waals surface area contributed by atoms with Gasteiger partial charge in [0.2, 0.25) is 0 Å².